The van der Waals surface area contributed by atoms with E-state index in [-0.39, 0.29) is 0 Å². The Morgan fingerprint density at radius 2 is 1.43 bits per heavy atom. The molecule has 1 fully saturated rings. The van der Waals surface area contributed by atoms with Crippen LogP contribution >= 0.6 is 0 Å². The summed E-state index contributed by atoms with van der Waals surface area (Å²) < 4.78 is 60.3. The zero-order valence-electron chi connectivity index (χ0n) is 10.1. The Kier molecular flexibility index (Phi) is 7.53. The minimum absolute atomic E-state index is 0.470. The molecular formula is C6H15NO12S2. The monoisotopic (exact) mass is 357 g/mol. The van der Waals surface area contributed by atoms with Crippen LogP contribution in [0.1, 0.15) is 0 Å². The second-order valence-electron chi connectivity index (χ2n) is 3.73. The van der Waals surface area contributed by atoms with E-state index in [0.29, 0.717) is 0 Å². The molecule has 0 amide bonds. The highest BCUT2D eigenvalue weighted by atomic mass is 32.3. The Balaban J connectivity index is 0.000000400. The van der Waals surface area contributed by atoms with Gasteiger partial charge in [0.15, 0.2) is 6.29 Å². The van der Waals surface area contributed by atoms with E-state index in [1.807, 2.05) is 0 Å². The quantitative estimate of drug-likeness (QED) is 0.235. The van der Waals surface area contributed by atoms with Crippen molar-refractivity contribution >= 4 is 20.8 Å². The summed E-state index contributed by atoms with van der Waals surface area (Å²) >= 11 is 0. The Bertz CT molecular complexity index is 481. The van der Waals surface area contributed by atoms with E-state index < -0.39 is 58.0 Å². The molecule has 0 aliphatic carbocycles. The first-order chi connectivity index (χ1) is 9.28. The highest BCUT2D eigenvalue weighted by Gasteiger charge is 2.41. The van der Waals surface area contributed by atoms with E-state index in [1.54, 1.807) is 0 Å². The molecule has 1 rings (SSSR count). The Hall–Kier alpha value is -0.460. The maximum absolute atomic E-state index is 9.44. The van der Waals surface area contributed by atoms with Gasteiger partial charge in [-0.25, -0.2) is 0 Å². The summed E-state index contributed by atoms with van der Waals surface area (Å²) in [7, 11) is -10.2. The summed E-state index contributed by atoms with van der Waals surface area (Å²) in [4.78, 5) is 0. The SMILES string of the molecule is N[C@H]1C(O)O[C@H](CO)[C@@H](O)[C@@H]1O.O=S(=O)(O)OS(=O)(=O)O. The molecule has 21 heavy (non-hydrogen) atoms. The van der Waals surface area contributed by atoms with Crippen LogP contribution in [0.15, 0.2) is 0 Å². The molecule has 1 aliphatic rings. The van der Waals surface area contributed by atoms with Gasteiger partial charge in [0.1, 0.15) is 18.3 Å². The van der Waals surface area contributed by atoms with Crippen molar-refractivity contribution in [3.8, 4) is 0 Å². The van der Waals surface area contributed by atoms with Gasteiger partial charge >= 0.3 is 20.8 Å². The van der Waals surface area contributed by atoms with Crippen molar-refractivity contribution in [2.75, 3.05) is 6.61 Å². The van der Waals surface area contributed by atoms with E-state index in [0.717, 1.165) is 0 Å². The van der Waals surface area contributed by atoms with Gasteiger partial charge in [0.2, 0.25) is 0 Å². The van der Waals surface area contributed by atoms with Gasteiger partial charge in [-0.05, 0) is 0 Å². The Labute approximate surface area is 119 Å². The van der Waals surface area contributed by atoms with Gasteiger partial charge in [-0.3, -0.25) is 9.11 Å². The van der Waals surface area contributed by atoms with E-state index in [1.165, 1.54) is 0 Å². The maximum Gasteiger partial charge on any atom is 0.413 e. The molecule has 1 unspecified atom stereocenters. The fourth-order valence-corrected chi connectivity index (χ4v) is 2.10. The Morgan fingerprint density at radius 1 is 1.00 bits per heavy atom. The molecule has 15 heteroatoms. The van der Waals surface area contributed by atoms with E-state index >= 15 is 0 Å². The van der Waals surface area contributed by atoms with Crippen molar-refractivity contribution in [2.45, 2.75) is 30.6 Å². The number of ether oxygens (including phenoxy) is 1. The third-order valence-electron chi connectivity index (χ3n) is 2.12. The van der Waals surface area contributed by atoms with Gasteiger partial charge in [-0.1, -0.05) is 0 Å². The molecule has 5 atom stereocenters. The normalized spacial score (nSPS) is 34.0. The van der Waals surface area contributed by atoms with Gasteiger partial charge in [0.25, 0.3) is 0 Å². The second-order valence-corrected chi connectivity index (χ2v) is 5.98. The van der Waals surface area contributed by atoms with Gasteiger partial charge in [0, 0.05) is 0 Å². The largest absolute Gasteiger partial charge is 0.413 e. The first-order valence-electron chi connectivity index (χ1n) is 5.00. The van der Waals surface area contributed by atoms with Crippen molar-refractivity contribution in [3.05, 3.63) is 0 Å². The molecule has 8 N–H and O–H groups in total. The zero-order valence-corrected chi connectivity index (χ0v) is 11.8. The zero-order chi connectivity index (χ0) is 17.0. The van der Waals surface area contributed by atoms with Crippen LogP contribution in [0.5, 0.6) is 0 Å². The molecule has 0 aromatic heterocycles. The van der Waals surface area contributed by atoms with Gasteiger partial charge in [-0.15, -0.1) is 3.63 Å². The second kappa shape index (κ2) is 7.70. The molecule has 1 heterocycles. The fourth-order valence-electron chi connectivity index (χ4n) is 1.23. The van der Waals surface area contributed by atoms with Crippen molar-refractivity contribution in [3.63, 3.8) is 0 Å². The van der Waals surface area contributed by atoms with Crippen LogP contribution in [0.4, 0.5) is 0 Å². The van der Waals surface area contributed by atoms with Crippen molar-refractivity contribution in [1.29, 1.82) is 0 Å². The van der Waals surface area contributed by atoms with Crippen molar-refractivity contribution in [1.82, 2.24) is 0 Å². The van der Waals surface area contributed by atoms with Crippen molar-refractivity contribution < 1.29 is 54.7 Å². The van der Waals surface area contributed by atoms with Crippen LogP contribution in [0.25, 0.3) is 0 Å². The molecule has 1 aliphatic heterocycles. The third-order valence-corrected chi connectivity index (χ3v) is 3.50. The first-order valence-corrected chi connectivity index (χ1v) is 7.73. The number of rotatable bonds is 3. The molecule has 0 bridgehead atoms. The summed E-state index contributed by atoms with van der Waals surface area (Å²) in [5, 5.41) is 36.1. The van der Waals surface area contributed by atoms with Crippen LogP contribution in [-0.4, -0.2) is 83.6 Å². The van der Waals surface area contributed by atoms with Crippen LogP contribution in [0, 0.1) is 0 Å². The topological polar surface area (TPSA) is 234 Å². The van der Waals surface area contributed by atoms with Crippen LogP contribution in [-0.2, 0) is 29.2 Å². The molecule has 1 saturated heterocycles. The summed E-state index contributed by atoms with van der Waals surface area (Å²) in [6.07, 6.45) is -4.85. The molecule has 0 aromatic carbocycles. The minimum atomic E-state index is -5.12. The van der Waals surface area contributed by atoms with Crippen LogP contribution < -0.4 is 5.73 Å². The fraction of sp³-hybridized carbons (Fsp3) is 1.00. The third kappa shape index (κ3) is 7.93. The lowest BCUT2D eigenvalue weighted by Crippen LogP contribution is -2.61. The highest BCUT2D eigenvalue weighted by Crippen LogP contribution is 2.17. The van der Waals surface area contributed by atoms with E-state index in [9.17, 15) is 27.0 Å². The van der Waals surface area contributed by atoms with E-state index in [4.69, 9.17) is 29.8 Å². The lowest BCUT2D eigenvalue weighted by atomic mass is 9.98. The number of nitrogens with two attached hydrogens (primary N) is 1. The molecule has 0 aromatic rings. The van der Waals surface area contributed by atoms with Crippen LogP contribution in [0.3, 0.4) is 0 Å². The molecule has 128 valence electrons. The molecule has 0 radical (unpaired) electrons. The maximum atomic E-state index is 9.44. The molecule has 0 spiro atoms. The van der Waals surface area contributed by atoms with Gasteiger partial charge < -0.3 is 30.9 Å². The molecular weight excluding hydrogens is 342 g/mol. The standard InChI is InChI=1S/C6H13NO5.H2O7S2/c7-3-5(10)4(9)2(1-8)12-6(3)11;1-8(2,3)7-9(4,5)6/h2-6,8-11H,1,7H2;(H,1,2,3)(H,4,5,6)/t2-,3-,4-,5-,6?;/m1./s1. The van der Waals surface area contributed by atoms with Crippen LogP contribution in [0.2, 0.25) is 0 Å². The minimum Gasteiger partial charge on any atom is -0.394 e. The summed E-state index contributed by atoms with van der Waals surface area (Å²) in [6, 6.07) is -1.04. The first kappa shape index (κ1) is 20.5. The van der Waals surface area contributed by atoms with Crippen molar-refractivity contribution in [2.24, 2.45) is 5.73 Å². The highest BCUT2D eigenvalue weighted by molar-refractivity contribution is 7.94. The number of aliphatic hydroxyl groups is 4. The lowest BCUT2D eigenvalue weighted by Gasteiger charge is -2.38. The summed E-state index contributed by atoms with van der Waals surface area (Å²) in [5.41, 5.74) is 5.26. The van der Waals surface area contributed by atoms with E-state index in [2.05, 4.69) is 3.63 Å². The van der Waals surface area contributed by atoms with Gasteiger partial charge in [-0.2, -0.15) is 16.8 Å². The number of hydrogen-bond acceptors (Lipinski definition) is 11. The molecule has 13 nitrogen and oxygen atoms in total. The summed E-state index contributed by atoms with van der Waals surface area (Å²) in [5.74, 6) is 0. The van der Waals surface area contributed by atoms with Gasteiger partial charge in [0.05, 0.1) is 12.6 Å². The average molecular weight is 357 g/mol. The number of hydrogen-bond donors (Lipinski definition) is 7. The summed E-state index contributed by atoms with van der Waals surface area (Å²) in [6.45, 7) is -0.470. The predicted octanol–water partition coefficient (Wildman–Crippen LogP) is -4.65. The lowest BCUT2D eigenvalue weighted by molar-refractivity contribution is -0.248. The Morgan fingerprint density at radius 3 is 1.71 bits per heavy atom. The average Bonchev–Trinajstić information content (AvgIpc) is 2.27. The smallest absolute Gasteiger partial charge is 0.394 e. The number of aliphatic hydroxyl groups excluding tert-OH is 4. The molecule has 0 saturated carbocycles. The predicted molar refractivity (Wildman–Crippen MR) is 62.1 cm³/mol.